The first-order valence-electron chi connectivity index (χ1n) is 23.3. The molecule has 66 heavy (non-hydrogen) atoms. The minimum atomic E-state index is -0.476. The number of carbonyl (C=O) groups excluding carboxylic acids is 2. The maximum atomic E-state index is 12.8. The molecule has 14 heteroatoms. The molecule has 350 valence electrons. The van der Waals surface area contributed by atoms with Crippen LogP contribution in [0.2, 0.25) is 0 Å². The third-order valence-electron chi connectivity index (χ3n) is 14.9. The van der Waals surface area contributed by atoms with Crippen molar-refractivity contribution in [3.8, 4) is 0 Å². The highest BCUT2D eigenvalue weighted by atomic mass is 79.9. The van der Waals surface area contributed by atoms with Crippen LogP contribution >= 0.6 is 15.9 Å². The van der Waals surface area contributed by atoms with Gasteiger partial charge in [0, 0.05) is 30.7 Å². The standard InChI is InChI=1S/C23H28BNO3.C17H16BrNO.C12H24B2O4/c1-16-12-17(10-11-20(16)24-27-22(2,3)23(4,5)28-24)13-21(26)25-14-18-8-6-7-9-19(18)15-25;1-12-8-13(6-7-16(12)18)9-17(20)19-10-14-4-2-3-5-15(14)11-19;1-9(2)10(3,4)16-13(15-9)14-17-11(5,6)12(7,8)18-14/h6-12H,13-15H2,1-5H3;2-8H,9-11H2,1H3;1-8H3. The van der Waals surface area contributed by atoms with E-state index in [-0.39, 0.29) is 52.5 Å². The van der Waals surface area contributed by atoms with Crippen LogP contribution in [-0.4, -0.2) is 76.4 Å². The van der Waals surface area contributed by atoms with E-state index in [0.29, 0.717) is 25.9 Å². The first kappa shape index (κ1) is 50.1. The van der Waals surface area contributed by atoms with Crippen molar-refractivity contribution in [2.75, 3.05) is 0 Å². The molecule has 0 aromatic heterocycles. The average molecular weight is 961 g/mol. The predicted octanol–water partition coefficient (Wildman–Crippen LogP) is 9.47. The fraction of sp³-hybridized carbons (Fsp3) is 0.500. The summed E-state index contributed by atoms with van der Waals surface area (Å²) in [6, 6.07) is 28.8. The Labute approximate surface area is 403 Å². The molecular formula is C52H68B3BrN2O8. The van der Waals surface area contributed by atoms with Gasteiger partial charge < -0.3 is 37.7 Å². The summed E-state index contributed by atoms with van der Waals surface area (Å²) >= 11 is 3.49. The van der Waals surface area contributed by atoms with Gasteiger partial charge in [-0.3, -0.25) is 9.59 Å². The molecule has 0 spiro atoms. The molecule has 10 nitrogen and oxygen atoms in total. The van der Waals surface area contributed by atoms with Crippen LogP contribution in [0.5, 0.6) is 0 Å². The van der Waals surface area contributed by atoms with Crippen LogP contribution < -0.4 is 5.46 Å². The molecule has 0 saturated carbocycles. The quantitative estimate of drug-likeness (QED) is 0.177. The van der Waals surface area contributed by atoms with Gasteiger partial charge in [0.25, 0.3) is 0 Å². The van der Waals surface area contributed by atoms with Crippen molar-refractivity contribution in [2.45, 2.75) is 170 Å². The zero-order valence-corrected chi connectivity index (χ0v) is 43.2. The van der Waals surface area contributed by atoms with Crippen LogP contribution in [0, 0.1) is 13.8 Å². The van der Waals surface area contributed by atoms with Gasteiger partial charge in [0.1, 0.15) is 0 Å². The number of nitrogens with zero attached hydrogens (tertiary/aromatic N) is 2. The maximum Gasteiger partial charge on any atom is 0.495 e. The third-order valence-corrected chi connectivity index (χ3v) is 15.8. The van der Waals surface area contributed by atoms with E-state index < -0.39 is 14.0 Å². The van der Waals surface area contributed by atoms with Crippen molar-refractivity contribution in [1.82, 2.24) is 9.80 Å². The van der Waals surface area contributed by atoms with Crippen molar-refractivity contribution in [3.05, 3.63) is 134 Å². The molecule has 3 fully saturated rings. The SMILES string of the molecule is CC1(C)OB(B2OC(C)(C)C(C)(C)O2)OC1(C)C.Cc1cc(CC(=O)N2Cc3ccccc3C2)ccc1B1OC(C)(C)C(C)(C)O1.Cc1cc(CC(=O)N2Cc3ccccc3C2)ccc1Br. The van der Waals surface area contributed by atoms with Crippen molar-refractivity contribution < 1.29 is 37.5 Å². The van der Waals surface area contributed by atoms with Gasteiger partial charge in [-0.25, -0.2) is 0 Å². The average Bonchev–Trinajstić information content (AvgIpc) is 4.00. The summed E-state index contributed by atoms with van der Waals surface area (Å²) in [6.07, 6.45) is 0.889. The Bertz CT molecular complexity index is 2320. The van der Waals surface area contributed by atoms with E-state index in [2.05, 4.69) is 86.9 Å². The molecule has 5 aliphatic heterocycles. The molecule has 9 rings (SSSR count). The van der Waals surface area contributed by atoms with E-state index in [1.165, 1.54) is 27.8 Å². The molecule has 0 radical (unpaired) electrons. The van der Waals surface area contributed by atoms with Crippen LogP contribution in [0.25, 0.3) is 0 Å². The lowest BCUT2D eigenvalue weighted by Crippen LogP contribution is -2.41. The van der Waals surface area contributed by atoms with Crippen LogP contribution in [0.4, 0.5) is 0 Å². The number of fused-ring (bicyclic) bond motifs is 2. The number of amides is 2. The molecule has 0 unspecified atom stereocenters. The molecule has 5 heterocycles. The summed E-state index contributed by atoms with van der Waals surface area (Å²) in [5, 5.41) is 0. The summed E-state index contributed by atoms with van der Waals surface area (Å²) < 4.78 is 37.3. The molecule has 0 N–H and O–H groups in total. The zero-order valence-electron chi connectivity index (χ0n) is 41.6. The van der Waals surface area contributed by atoms with E-state index in [4.69, 9.17) is 27.9 Å². The molecule has 0 bridgehead atoms. The van der Waals surface area contributed by atoms with E-state index in [1.807, 2.05) is 121 Å². The molecular weight excluding hydrogens is 893 g/mol. The molecule has 0 aliphatic carbocycles. The minimum absolute atomic E-state index is 0.166. The second kappa shape index (κ2) is 18.6. The monoisotopic (exact) mass is 960 g/mol. The fourth-order valence-corrected chi connectivity index (χ4v) is 8.74. The largest absolute Gasteiger partial charge is 0.495 e. The van der Waals surface area contributed by atoms with Gasteiger partial charge in [0.2, 0.25) is 11.8 Å². The van der Waals surface area contributed by atoms with E-state index >= 15 is 0 Å². The first-order chi connectivity index (χ1) is 30.7. The maximum absolute atomic E-state index is 12.8. The van der Waals surface area contributed by atoms with Crippen LogP contribution in [0.1, 0.15) is 128 Å². The molecule has 4 aromatic carbocycles. The normalized spacial score (nSPS) is 21.2. The van der Waals surface area contributed by atoms with Crippen LogP contribution in [0.15, 0.2) is 89.4 Å². The first-order valence-corrected chi connectivity index (χ1v) is 24.1. The van der Waals surface area contributed by atoms with Gasteiger partial charge in [-0.05, 0) is 147 Å². The Hall–Kier alpha value is -3.75. The Balaban J connectivity index is 0.000000152. The van der Waals surface area contributed by atoms with Crippen LogP contribution in [-0.2, 0) is 76.5 Å². The van der Waals surface area contributed by atoms with E-state index in [1.54, 1.807) is 0 Å². The minimum Gasteiger partial charge on any atom is -0.405 e. The lowest BCUT2D eigenvalue weighted by Gasteiger charge is -2.32. The van der Waals surface area contributed by atoms with Gasteiger partial charge in [0.05, 0.1) is 46.4 Å². The van der Waals surface area contributed by atoms with Gasteiger partial charge in [-0.2, -0.15) is 0 Å². The number of hydrogen-bond donors (Lipinski definition) is 0. The third kappa shape index (κ3) is 10.6. The lowest BCUT2D eigenvalue weighted by molar-refractivity contribution is -0.131. The molecule has 5 aliphatic rings. The van der Waals surface area contributed by atoms with Crippen molar-refractivity contribution in [3.63, 3.8) is 0 Å². The van der Waals surface area contributed by atoms with Gasteiger partial charge in [-0.15, -0.1) is 0 Å². The van der Waals surface area contributed by atoms with Gasteiger partial charge in [-0.1, -0.05) is 100 Å². The summed E-state index contributed by atoms with van der Waals surface area (Å²) in [5.74, 6) is 0.363. The molecule has 4 aromatic rings. The summed E-state index contributed by atoms with van der Waals surface area (Å²) in [5.41, 5.74) is 8.28. The Kier molecular flexibility index (Phi) is 14.2. The van der Waals surface area contributed by atoms with E-state index in [9.17, 15) is 9.59 Å². The molecule has 3 saturated heterocycles. The Morgan fingerprint density at radius 1 is 0.485 bits per heavy atom. The topological polar surface area (TPSA) is 96.0 Å². The van der Waals surface area contributed by atoms with Crippen molar-refractivity contribution >= 4 is 54.3 Å². The zero-order chi connectivity index (χ0) is 48.2. The number of aryl methyl sites for hydroxylation is 2. The number of carbonyl (C=O) groups is 2. The second-order valence-corrected chi connectivity index (χ2v) is 22.4. The number of hydrogen-bond acceptors (Lipinski definition) is 8. The van der Waals surface area contributed by atoms with Gasteiger partial charge >= 0.3 is 21.1 Å². The fourth-order valence-electron chi connectivity index (χ4n) is 8.49. The summed E-state index contributed by atoms with van der Waals surface area (Å²) in [7, 11) is -1.32. The Morgan fingerprint density at radius 2 is 0.803 bits per heavy atom. The van der Waals surface area contributed by atoms with Gasteiger partial charge in [0.15, 0.2) is 0 Å². The highest BCUT2D eigenvalue weighted by molar-refractivity contribution is 9.10. The van der Waals surface area contributed by atoms with Crippen LogP contribution in [0.3, 0.4) is 0 Å². The molecule has 0 atom stereocenters. The lowest BCUT2D eigenvalue weighted by atomic mass is 9.49. The highest BCUT2D eigenvalue weighted by Gasteiger charge is 2.63. The van der Waals surface area contributed by atoms with Crippen molar-refractivity contribution in [1.29, 1.82) is 0 Å². The van der Waals surface area contributed by atoms with E-state index in [0.717, 1.165) is 39.7 Å². The summed E-state index contributed by atoms with van der Waals surface area (Å²) in [4.78, 5) is 29.0. The van der Waals surface area contributed by atoms with Crippen molar-refractivity contribution in [2.24, 2.45) is 0 Å². The second-order valence-electron chi connectivity index (χ2n) is 21.5. The number of halogens is 1. The summed E-state index contributed by atoms with van der Waals surface area (Å²) in [6.45, 7) is 31.4. The number of rotatable bonds is 6. The smallest absolute Gasteiger partial charge is 0.405 e. The highest BCUT2D eigenvalue weighted by Crippen LogP contribution is 2.43. The predicted molar refractivity (Wildman–Crippen MR) is 267 cm³/mol. The number of benzene rings is 4. The Morgan fingerprint density at radius 3 is 1.14 bits per heavy atom. The molecule has 2 amide bonds.